The maximum atomic E-state index is 13.0. The molecule has 1 heterocycles. The molecule has 1 saturated carbocycles. The summed E-state index contributed by atoms with van der Waals surface area (Å²) in [5.74, 6) is 1.02. The van der Waals surface area contributed by atoms with Gasteiger partial charge in [-0.2, -0.15) is 0 Å². The van der Waals surface area contributed by atoms with Gasteiger partial charge in [0.15, 0.2) is 5.79 Å². The number of hydrogen-bond acceptors (Lipinski definition) is 3. The molecule has 1 aliphatic carbocycles. The summed E-state index contributed by atoms with van der Waals surface area (Å²) < 4.78 is 12.4. The Bertz CT molecular complexity index is 880. The van der Waals surface area contributed by atoms with Crippen LogP contribution in [0.2, 0.25) is 24.7 Å². The molecular weight excluding hydrogens is 474 g/mol. The van der Waals surface area contributed by atoms with Gasteiger partial charge in [0.2, 0.25) is 5.91 Å². The van der Waals surface area contributed by atoms with E-state index >= 15 is 0 Å². The molecule has 196 valence electrons. The highest BCUT2D eigenvalue weighted by Crippen LogP contribution is 2.44. The quantitative estimate of drug-likeness (QED) is 0.364. The lowest BCUT2D eigenvalue weighted by molar-refractivity contribution is -0.293. The van der Waals surface area contributed by atoms with Crippen LogP contribution in [-0.2, 0) is 20.8 Å². The van der Waals surface area contributed by atoms with Crippen LogP contribution in [0.1, 0.15) is 65.4 Å². The average molecular weight is 520 g/mol. The van der Waals surface area contributed by atoms with Crippen molar-refractivity contribution in [1.82, 2.24) is 5.32 Å². The Morgan fingerprint density at radius 2 is 1.74 bits per heavy atom. The Labute approximate surface area is 219 Å². The molecule has 35 heavy (non-hydrogen) atoms. The van der Waals surface area contributed by atoms with Gasteiger partial charge in [0.25, 0.3) is 0 Å². The monoisotopic (exact) mass is 519 g/mol. The van der Waals surface area contributed by atoms with Crippen molar-refractivity contribution in [2.45, 2.75) is 91.8 Å². The van der Waals surface area contributed by atoms with Crippen molar-refractivity contribution in [2.75, 3.05) is 13.2 Å². The van der Waals surface area contributed by atoms with Crippen molar-refractivity contribution < 1.29 is 14.3 Å². The minimum Gasteiger partial charge on any atom is -0.352 e. The molecule has 1 aliphatic heterocycles. The summed E-state index contributed by atoms with van der Waals surface area (Å²) in [5, 5.41) is 3.85. The molecule has 1 N–H and O–H groups in total. The van der Waals surface area contributed by atoms with Crippen LogP contribution in [0, 0.1) is 23.2 Å². The third-order valence-electron chi connectivity index (χ3n) is 7.44. The van der Waals surface area contributed by atoms with E-state index in [1.165, 1.54) is 5.57 Å². The maximum absolute atomic E-state index is 13.0. The van der Waals surface area contributed by atoms with Gasteiger partial charge in [0, 0.05) is 29.8 Å². The molecule has 1 amide bonds. The number of halogens is 1. The van der Waals surface area contributed by atoms with Crippen LogP contribution in [0.15, 0.2) is 35.5 Å². The third kappa shape index (κ3) is 8.73. The van der Waals surface area contributed by atoms with E-state index in [1.54, 1.807) is 0 Å². The molecule has 0 bridgehead atoms. The van der Waals surface area contributed by atoms with E-state index in [9.17, 15) is 4.79 Å². The van der Waals surface area contributed by atoms with E-state index in [-0.39, 0.29) is 11.3 Å². The molecule has 0 radical (unpaired) electrons. The minimum absolute atomic E-state index is 0.0744. The predicted octanol–water partition coefficient (Wildman–Crippen LogP) is 7.38. The summed E-state index contributed by atoms with van der Waals surface area (Å²) in [6.45, 7) is 18.0. The van der Waals surface area contributed by atoms with E-state index in [0.717, 1.165) is 44.5 Å². The number of carbonyl (C=O) groups is 1. The maximum Gasteiger partial charge on any atom is 0.220 e. The van der Waals surface area contributed by atoms with Gasteiger partial charge in [-0.15, -0.1) is 0 Å². The molecule has 0 aromatic heterocycles. The average Bonchev–Trinajstić information content (AvgIpc) is 2.76. The molecule has 3 rings (SSSR count). The number of allylic oxidation sites excluding steroid dienone is 1. The lowest BCUT2D eigenvalue weighted by atomic mass is 9.68. The van der Waals surface area contributed by atoms with Crippen molar-refractivity contribution in [1.29, 1.82) is 0 Å². The fraction of sp³-hybridized carbons (Fsp3) is 0.690. The summed E-state index contributed by atoms with van der Waals surface area (Å²) in [5.41, 5.74) is 5.24. The fourth-order valence-corrected chi connectivity index (χ4v) is 6.88. The third-order valence-corrected chi connectivity index (χ3v) is 8.89. The molecule has 4 nitrogen and oxygen atoms in total. The van der Waals surface area contributed by atoms with Gasteiger partial charge in [-0.25, -0.2) is 0 Å². The SMILES string of the molecule is C[C@@H]1CC[C@@H](CC(=O)NCc2ccc(Cl)cc2)/C(=C/[Si](C)(C)C)[C@H]1CCC1(C)OCC(C)(C)CO1. The van der Waals surface area contributed by atoms with Gasteiger partial charge >= 0.3 is 0 Å². The number of hydrogen-bond donors (Lipinski definition) is 1. The van der Waals surface area contributed by atoms with E-state index in [2.05, 4.69) is 58.4 Å². The second kappa shape index (κ2) is 11.5. The molecule has 1 aromatic rings. The molecule has 0 spiro atoms. The molecule has 1 aromatic carbocycles. The normalized spacial score (nSPS) is 27.5. The van der Waals surface area contributed by atoms with Gasteiger partial charge in [0.1, 0.15) is 0 Å². The van der Waals surface area contributed by atoms with Gasteiger partial charge in [-0.05, 0) is 61.6 Å². The first kappa shape index (κ1) is 28.4. The lowest BCUT2D eigenvalue weighted by Crippen LogP contribution is -2.46. The topological polar surface area (TPSA) is 47.6 Å². The molecule has 2 fully saturated rings. The summed E-state index contributed by atoms with van der Waals surface area (Å²) in [6.07, 6.45) is 4.73. The van der Waals surface area contributed by atoms with Crippen molar-refractivity contribution in [3.63, 3.8) is 0 Å². The highest BCUT2D eigenvalue weighted by Gasteiger charge is 2.40. The van der Waals surface area contributed by atoms with Crippen LogP contribution < -0.4 is 5.32 Å². The number of nitrogens with one attached hydrogen (secondary N) is 1. The number of amides is 1. The van der Waals surface area contributed by atoms with Crippen LogP contribution in [-0.4, -0.2) is 33.0 Å². The Morgan fingerprint density at radius 3 is 2.34 bits per heavy atom. The van der Waals surface area contributed by atoms with Gasteiger partial charge in [0.05, 0.1) is 21.3 Å². The predicted molar refractivity (Wildman–Crippen MR) is 148 cm³/mol. The molecule has 0 unspecified atom stereocenters. The first-order valence-corrected chi connectivity index (χ1v) is 17.2. The zero-order valence-electron chi connectivity index (χ0n) is 22.9. The van der Waals surface area contributed by atoms with Crippen molar-refractivity contribution in [3.8, 4) is 0 Å². The highest BCUT2D eigenvalue weighted by molar-refractivity contribution is 6.81. The zero-order valence-corrected chi connectivity index (χ0v) is 24.6. The number of ether oxygens (including phenoxy) is 2. The van der Waals surface area contributed by atoms with Crippen molar-refractivity contribution in [2.24, 2.45) is 23.2 Å². The number of benzene rings is 1. The van der Waals surface area contributed by atoms with E-state index in [0.29, 0.717) is 35.7 Å². The number of carbonyl (C=O) groups excluding carboxylic acids is 1. The highest BCUT2D eigenvalue weighted by atomic mass is 35.5. The summed E-state index contributed by atoms with van der Waals surface area (Å²) >= 11 is 5.99. The van der Waals surface area contributed by atoms with Crippen molar-refractivity contribution in [3.05, 3.63) is 46.1 Å². The molecule has 3 atom stereocenters. The smallest absolute Gasteiger partial charge is 0.220 e. The van der Waals surface area contributed by atoms with Crippen LogP contribution in [0.4, 0.5) is 0 Å². The second-order valence-corrected chi connectivity index (χ2v) is 18.3. The summed E-state index contributed by atoms with van der Waals surface area (Å²) in [4.78, 5) is 13.0. The van der Waals surface area contributed by atoms with E-state index in [1.807, 2.05) is 24.3 Å². The second-order valence-electron chi connectivity index (χ2n) is 12.9. The van der Waals surface area contributed by atoms with Gasteiger partial charge in [-0.3, -0.25) is 4.79 Å². The van der Waals surface area contributed by atoms with Gasteiger partial charge < -0.3 is 14.8 Å². The Morgan fingerprint density at radius 1 is 1.11 bits per heavy atom. The largest absolute Gasteiger partial charge is 0.352 e. The standard InChI is InChI=1S/C29H46ClNO3Si/c1-21-8-11-23(16-27(32)31-17-22-9-12-24(30)13-10-22)26(18-35(5,6)7)25(21)14-15-29(4)33-19-28(2,3)20-34-29/h9-10,12-13,18,21,23,25H,8,11,14-17,19-20H2,1-7H3,(H,31,32)/b26-18-/t21-,23+,25+/m1/s1. The lowest BCUT2D eigenvalue weighted by Gasteiger charge is -2.44. The van der Waals surface area contributed by atoms with Gasteiger partial charge in [-0.1, -0.05) is 75.4 Å². The molecule has 2 aliphatic rings. The molecule has 1 saturated heterocycles. The van der Waals surface area contributed by atoms with Crippen molar-refractivity contribution >= 4 is 25.6 Å². The molecular formula is C29H46ClNO3Si. The minimum atomic E-state index is -1.46. The summed E-state index contributed by atoms with van der Waals surface area (Å²) in [6, 6.07) is 7.67. The Kier molecular flexibility index (Phi) is 9.34. The van der Waals surface area contributed by atoms with E-state index < -0.39 is 13.9 Å². The van der Waals surface area contributed by atoms with E-state index in [4.69, 9.17) is 21.1 Å². The van der Waals surface area contributed by atoms with Crippen LogP contribution in [0.5, 0.6) is 0 Å². The van der Waals surface area contributed by atoms with Crippen LogP contribution >= 0.6 is 11.6 Å². The Hall–Kier alpha value is -1.14. The van der Waals surface area contributed by atoms with Crippen LogP contribution in [0.25, 0.3) is 0 Å². The fourth-order valence-electron chi connectivity index (χ4n) is 5.30. The zero-order chi connectivity index (χ0) is 25.9. The molecule has 6 heteroatoms. The summed E-state index contributed by atoms with van der Waals surface area (Å²) in [7, 11) is -1.46. The first-order chi connectivity index (χ1) is 16.3. The first-order valence-electron chi connectivity index (χ1n) is 13.3. The van der Waals surface area contributed by atoms with Crippen LogP contribution in [0.3, 0.4) is 0 Å². The Balaban J connectivity index is 1.67. The number of rotatable bonds is 8.